The van der Waals surface area contributed by atoms with Gasteiger partial charge in [0.05, 0.1) is 23.4 Å². The van der Waals surface area contributed by atoms with Crippen molar-refractivity contribution in [3.05, 3.63) is 47.5 Å². The van der Waals surface area contributed by atoms with Crippen molar-refractivity contribution in [2.24, 2.45) is 0 Å². The van der Waals surface area contributed by atoms with Gasteiger partial charge in [0.2, 0.25) is 36.5 Å². The van der Waals surface area contributed by atoms with Crippen LogP contribution in [0.25, 0.3) is 0 Å². The average molecular weight is 661 g/mol. The highest BCUT2D eigenvalue weighted by Gasteiger charge is 2.40. The Morgan fingerprint density at radius 1 is 0.867 bits per heavy atom. The molecule has 15 heteroatoms. The van der Waals surface area contributed by atoms with Gasteiger partial charge in [-0.15, -0.1) is 0 Å². The quantitative estimate of drug-likeness (QED) is 0.352. The van der Waals surface area contributed by atoms with Crippen LogP contribution in [0.5, 0.6) is 23.0 Å². The van der Waals surface area contributed by atoms with Crippen LogP contribution in [0.4, 0.5) is 0 Å². The number of carbonyl (C=O) groups excluding carboxylic acids is 6. The van der Waals surface area contributed by atoms with Crippen molar-refractivity contribution in [1.29, 1.82) is 0 Å². The Kier molecular flexibility index (Phi) is 6.38. The first-order chi connectivity index (χ1) is 26.8. The van der Waals surface area contributed by atoms with E-state index in [1.54, 1.807) is 23.5 Å². The number of nitrogens with zero attached hydrogens (tertiary/aromatic N) is 1. The molecule has 2 fully saturated rings. The normalized spacial score (nSPS) is 33.2. The second-order valence-electron chi connectivity index (χ2n) is 8.54. The van der Waals surface area contributed by atoms with Crippen molar-refractivity contribution in [1.82, 2.24) is 10.2 Å². The number of likely N-dealkylation sites (tertiary alicyclic amines) is 1. The summed E-state index contributed by atoms with van der Waals surface area (Å²) in [5.74, 6) is -6.53. The molecule has 240 valence electrons. The zero-order chi connectivity index (χ0) is 45.1. The number of imide groups is 1. The molecule has 0 radical (unpaired) electrons. The Balaban J connectivity index is 0.000000215. The van der Waals surface area contributed by atoms with E-state index in [2.05, 4.69) is 9.47 Å². The van der Waals surface area contributed by atoms with Gasteiger partial charge in [0, 0.05) is 30.1 Å². The molecule has 0 saturated carbocycles. The summed E-state index contributed by atoms with van der Waals surface area (Å²) in [6, 6.07) is 2.61. The lowest BCUT2D eigenvalue weighted by atomic mass is 10.1. The number of carbonyl (C=O) groups is 6. The van der Waals surface area contributed by atoms with E-state index in [1.807, 2.05) is 0 Å². The molecular formula is C30H31ClN2O12. The molecule has 0 unspecified atom stereocenters. The third kappa shape index (κ3) is 8.62. The minimum atomic E-state index is -3.38. The van der Waals surface area contributed by atoms with Gasteiger partial charge in [0.15, 0.2) is 23.0 Å². The maximum absolute atomic E-state index is 12.8. The van der Waals surface area contributed by atoms with Crippen molar-refractivity contribution >= 4 is 46.5 Å². The summed E-state index contributed by atoms with van der Waals surface area (Å²) in [5.41, 5.74) is 0.832. The molecule has 0 aliphatic carbocycles. The molecule has 2 aromatic rings. The zero-order valence-corrected chi connectivity index (χ0v) is 23.9. The van der Waals surface area contributed by atoms with E-state index in [-0.39, 0.29) is 34.1 Å². The SMILES string of the molecule is [2H]C1([2H])C(=O)N[C@]([2H])(C(=O)OC)C1([2H])[2H].[2H]C1([2H])Oc2ccc(CC(=O)Cl)cc2O1.[2H]C1([2H])Oc2ccc(CC(=O)N3C(=O)C([2H])([2H])C([2H])([2H])[C@@]3([2H])C(=O)OC)cc2O1. The molecule has 0 bridgehead atoms. The highest BCUT2D eigenvalue weighted by atomic mass is 35.5. The van der Waals surface area contributed by atoms with Crippen molar-refractivity contribution in [3.63, 3.8) is 0 Å². The van der Waals surface area contributed by atoms with Crippen LogP contribution in [-0.2, 0) is 51.1 Å². The molecular weight excluding hydrogens is 616 g/mol. The Morgan fingerprint density at radius 3 is 1.93 bits per heavy atom. The average Bonchev–Trinajstić information content (AvgIpc) is 3.68. The molecule has 4 aliphatic rings. The predicted molar refractivity (Wildman–Crippen MR) is 153 cm³/mol. The molecule has 2 atom stereocenters. The first-order valence-corrected chi connectivity index (χ1v) is 12.7. The number of hydrogen-bond donors (Lipinski definition) is 1. The van der Waals surface area contributed by atoms with Crippen LogP contribution in [0.1, 0.15) is 55.8 Å². The first kappa shape index (κ1) is 18.8. The summed E-state index contributed by atoms with van der Waals surface area (Å²) in [5, 5.41) is 1.19. The first-order valence-electron chi connectivity index (χ1n) is 19.3. The maximum atomic E-state index is 12.8. The third-order valence-electron chi connectivity index (χ3n) is 5.59. The summed E-state index contributed by atoms with van der Waals surface area (Å²) >= 11 is 5.23. The van der Waals surface area contributed by atoms with Crippen molar-refractivity contribution < 1.29 is 76.4 Å². The summed E-state index contributed by atoms with van der Waals surface area (Å²) in [7, 11) is 1.75. The lowest BCUT2D eigenvalue weighted by molar-refractivity contribution is -0.155. The number of ether oxygens (including phenoxy) is 6. The van der Waals surface area contributed by atoms with E-state index in [1.165, 1.54) is 18.2 Å². The lowest BCUT2D eigenvalue weighted by Crippen LogP contribution is -2.44. The fourth-order valence-electron chi connectivity index (χ4n) is 3.59. The van der Waals surface area contributed by atoms with Crippen LogP contribution in [0, 0.1) is 0 Å². The largest absolute Gasteiger partial charge is 0.467 e. The molecule has 6 rings (SSSR count). The van der Waals surface area contributed by atoms with Gasteiger partial charge >= 0.3 is 11.9 Å². The number of benzene rings is 2. The van der Waals surface area contributed by atoms with E-state index in [4.69, 9.17) is 49.7 Å². The van der Waals surface area contributed by atoms with Gasteiger partial charge in [0.25, 0.3) is 0 Å². The van der Waals surface area contributed by atoms with Gasteiger partial charge in [-0.1, -0.05) is 12.1 Å². The molecule has 2 saturated heterocycles. The van der Waals surface area contributed by atoms with E-state index in [0.717, 1.165) is 14.2 Å². The molecule has 4 heterocycles. The van der Waals surface area contributed by atoms with Crippen LogP contribution in [-0.4, -0.2) is 79.5 Å². The standard InChI is InChI=1S/C15H15NO6.C9H7ClO3.C6H9NO3/c1-20-15(19)10-3-5-13(17)16(10)14(18)7-9-2-4-11-12(6-9)22-8-21-11;10-9(11)4-6-1-2-7-8(3-6)13-5-12-7;1-10-6(9)4-2-3-5(8)7-4/h2,4,6,10H,3,5,7-8H2,1H3;1-3H,4-5H2;4H,2-3H2,1H3,(H,7,8)/t10-;;4-/m0.0/s1/i3D2,5D2,8D2,10D;5D2;2D2,3D2,4D. The number of fused-ring (bicyclic) bond motifs is 2. The molecule has 0 spiro atoms. The number of nitrogens with one attached hydrogen (secondary N) is 1. The van der Waals surface area contributed by atoms with E-state index in [9.17, 15) is 28.8 Å². The summed E-state index contributed by atoms with van der Waals surface area (Å²) < 4.78 is 133. The monoisotopic (exact) mass is 660 g/mol. The van der Waals surface area contributed by atoms with Gasteiger partial charge in [-0.05, 0) is 59.7 Å². The minimum absolute atomic E-state index is 0.0242. The number of esters is 2. The Hall–Kier alpha value is -4.85. The van der Waals surface area contributed by atoms with Crippen LogP contribution < -0.4 is 24.3 Å². The van der Waals surface area contributed by atoms with Crippen molar-refractivity contribution in [2.45, 2.75) is 50.4 Å². The van der Waals surface area contributed by atoms with Gasteiger partial charge < -0.3 is 33.7 Å². The Bertz CT molecular complexity index is 2110. The topological polar surface area (TPSA) is 173 Å². The number of halogens is 1. The zero-order valence-electron chi connectivity index (χ0n) is 37.1. The number of methoxy groups -OCH3 is 2. The summed E-state index contributed by atoms with van der Waals surface area (Å²) in [4.78, 5) is 70.2. The van der Waals surface area contributed by atoms with E-state index < -0.39 is 92.3 Å². The van der Waals surface area contributed by atoms with E-state index in [0.29, 0.717) is 11.3 Å². The maximum Gasteiger partial charge on any atom is 0.329 e. The number of amides is 3. The van der Waals surface area contributed by atoms with Crippen LogP contribution in [0.2, 0.25) is 0 Å². The smallest absolute Gasteiger partial charge is 0.329 e. The molecule has 14 nitrogen and oxygen atoms in total. The Morgan fingerprint density at radius 2 is 1.42 bits per heavy atom. The van der Waals surface area contributed by atoms with E-state index >= 15 is 0 Å². The molecule has 3 amide bonds. The fraction of sp³-hybridized carbons (Fsp3) is 0.400. The number of rotatable bonds is 6. The highest BCUT2D eigenvalue weighted by Crippen LogP contribution is 2.34. The van der Waals surface area contributed by atoms with Crippen molar-refractivity contribution in [2.75, 3.05) is 27.7 Å². The molecule has 45 heavy (non-hydrogen) atoms. The fourth-order valence-corrected chi connectivity index (χ4v) is 3.75. The predicted octanol–water partition coefficient (Wildman–Crippen LogP) is 1.81. The van der Waals surface area contributed by atoms with Crippen LogP contribution in [0.15, 0.2) is 36.4 Å². The lowest BCUT2D eigenvalue weighted by Gasteiger charge is -2.20. The minimum Gasteiger partial charge on any atom is -0.467 e. The molecule has 4 aliphatic heterocycles. The van der Waals surface area contributed by atoms with Crippen molar-refractivity contribution in [3.8, 4) is 23.0 Å². The Labute approximate surface area is 282 Å². The van der Waals surface area contributed by atoms with Gasteiger partial charge in [-0.3, -0.25) is 24.1 Å². The highest BCUT2D eigenvalue weighted by molar-refractivity contribution is 6.63. The van der Waals surface area contributed by atoms with Gasteiger partial charge in [-0.25, -0.2) is 9.59 Å². The van der Waals surface area contributed by atoms with Gasteiger partial charge in [0.1, 0.15) is 17.5 Å². The second-order valence-corrected chi connectivity index (χ2v) is 8.96. The summed E-state index contributed by atoms with van der Waals surface area (Å²) in [6.45, 7) is -4.53. The summed E-state index contributed by atoms with van der Waals surface area (Å²) in [6.07, 6.45) is -13.2. The second kappa shape index (κ2) is 15.2. The van der Waals surface area contributed by atoms with Gasteiger partial charge in [-0.2, -0.15) is 0 Å². The number of hydrogen-bond acceptors (Lipinski definition) is 12. The van der Waals surface area contributed by atoms with Crippen LogP contribution in [0.3, 0.4) is 0 Å². The third-order valence-corrected chi connectivity index (χ3v) is 5.73. The van der Waals surface area contributed by atoms with Crippen LogP contribution >= 0.6 is 11.6 Å². The molecule has 2 aromatic carbocycles. The molecule has 1 N–H and O–H groups in total. The molecule has 0 aromatic heterocycles.